The maximum Gasteiger partial charge on any atom is 0.125 e. The molecule has 0 radical (unpaired) electrons. The fourth-order valence-electron chi connectivity index (χ4n) is 4.02. The van der Waals surface area contributed by atoms with Crippen LogP contribution in [0.3, 0.4) is 0 Å². The first-order valence-corrected chi connectivity index (χ1v) is 11.3. The molecule has 3 rings (SSSR count). The van der Waals surface area contributed by atoms with Crippen molar-refractivity contribution in [1.82, 2.24) is 0 Å². The highest BCUT2D eigenvalue weighted by Crippen LogP contribution is 2.33. The molecule has 0 aromatic heterocycles. The summed E-state index contributed by atoms with van der Waals surface area (Å²) in [6.45, 7) is 9.22. The lowest BCUT2D eigenvalue weighted by atomic mass is 10.1. The second kappa shape index (κ2) is 11.7. The van der Waals surface area contributed by atoms with Crippen LogP contribution in [0.1, 0.15) is 55.4 Å². The summed E-state index contributed by atoms with van der Waals surface area (Å²) in [7, 11) is 1.56. The molecule has 5 heteroatoms. The van der Waals surface area contributed by atoms with E-state index in [0.717, 1.165) is 58.7 Å². The van der Waals surface area contributed by atoms with Crippen LogP contribution >= 0.6 is 0 Å². The molecule has 0 saturated heterocycles. The SMILES string of the molecule is C/C=C/COc1cc(C)c(OC2CCCC2OCc2ccc(/C(C)=N\OC)cc2)c(C)c1. The molecule has 172 valence electrons. The summed E-state index contributed by atoms with van der Waals surface area (Å²) in [4.78, 5) is 4.85. The molecule has 1 aliphatic rings. The molecule has 2 unspecified atom stereocenters. The Labute approximate surface area is 192 Å². The van der Waals surface area contributed by atoms with Crippen molar-refractivity contribution in [2.45, 2.75) is 65.8 Å². The van der Waals surface area contributed by atoms with E-state index in [9.17, 15) is 0 Å². The van der Waals surface area contributed by atoms with Crippen LogP contribution in [0.15, 0.2) is 53.7 Å². The summed E-state index contributed by atoms with van der Waals surface area (Å²) in [5, 5.41) is 3.98. The molecule has 0 aliphatic heterocycles. The van der Waals surface area contributed by atoms with E-state index in [1.54, 1.807) is 7.11 Å². The lowest BCUT2D eigenvalue weighted by molar-refractivity contribution is -0.0175. The molecule has 2 aromatic carbocycles. The van der Waals surface area contributed by atoms with Gasteiger partial charge in [0, 0.05) is 0 Å². The number of oxime groups is 1. The normalized spacial score (nSPS) is 18.8. The van der Waals surface area contributed by atoms with Crippen LogP contribution in [-0.4, -0.2) is 31.6 Å². The van der Waals surface area contributed by atoms with E-state index in [-0.39, 0.29) is 12.2 Å². The summed E-state index contributed by atoms with van der Waals surface area (Å²) in [6.07, 6.45) is 7.29. The monoisotopic (exact) mass is 437 g/mol. The molecular formula is C27H35NO4. The Morgan fingerprint density at radius 1 is 1.06 bits per heavy atom. The Bertz CT molecular complexity index is 910. The molecule has 0 N–H and O–H groups in total. The van der Waals surface area contributed by atoms with E-state index >= 15 is 0 Å². The average molecular weight is 438 g/mol. The smallest absolute Gasteiger partial charge is 0.125 e. The zero-order valence-electron chi connectivity index (χ0n) is 19.9. The maximum atomic E-state index is 6.47. The summed E-state index contributed by atoms with van der Waals surface area (Å²) < 4.78 is 18.5. The predicted octanol–water partition coefficient (Wildman–Crippen LogP) is 6.15. The molecule has 32 heavy (non-hydrogen) atoms. The van der Waals surface area contributed by atoms with Gasteiger partial charge in [-0.25, -0.2) is 0 Å². The second-order valence-corrected chi connectivity index (χ2v) is 8.26. The van der Waals surface area contributed by atoms with Gasteiger partial charge in [-0.05, 0) is 81.3 Å². The third-order valence-corrected chi connectivity index (χ3v) is 5.74. The number of rotatable bonds is 10. The van der Waals surface area contributed by atoms with Crippen molar-refractivity contribution >= 4 is 5.71 Å². The van der Waals surface area contributed by atoms with E-state index in [4.69, 9.17) is 19.0 Å². The Morgan fingerprint density at radius 2 is 1.75 bits per heavy atom. The highest BCUT2D eigenvalue weighted by atomic mass is 16.6. The number of nitrogens with zero attached hydrogens (tertiary/aromatic N) is 1. The summed E-state index contributed by atoms with van der Waals surface area (Å²) in [5.74, 6) is 1.82. The Hall–Kier alpha value is -2.79. The number of allylic oxidation sites excluding steroid dienone is 1. The van der Waals surface area contributed by atoms with Crippen molar-refractivity contribution in [2.24, 2.45) is 5.16 Å². The fraction of sp³-hybridized carbons (Fsp3) is 0.444. The zero-order chi connectivity index (χ0) is 22.9. The van der Waals surface area contributed by atoms with Gasteiger partial charge in [-0.15, -0.1) is 0 Å². The van der Waals surface area contributed by atoms with Crippen LogP contribution in [0, 0.1) is 13.8 Å². The first-order chi connectivity index (χ1) is 15.5. The van der Waals surface area contributed by atoms with Crippen LogP contribution < -0.4 is 9.47 Å². The first-order valence-electron chi connectivity index (χ1n) is 11.3. The lowest BCUT2D eigenvalue weighted by Gasteiger charge is -2.24. The molecule has 1 aliphatic carbocycles. The van der Waals surface area contributed by atoms with Crippen LogP contribution in [0.5, 0.6) is 11.5 Å². The van der Waals surface area contributed by atoms with Crippen LogP contribution in [0.4, 0.5) is 0 Å². The highest BCUT2D eigenvalue weighted by Gasteiger charge is 2.30. The highest BCUT2D eigenvalue weighted by molar-refractivity contribution is 5.98. The first kappa shape index (κ1) is 23.9. The minimum atomic E-state index is 0.0672. The zero-order valence-corrected chi connectivity index (χ0v) is 19.9. The van der Waals surface area contributed by atoms with Crippen LogP contribution in [0.2, 0.25) is 0 Å². The summed E-state index contributed by atoms with van der Waals surface area (Å²) >= 11 is 0. The standard InChI is InChI=1S/C27H35NO4/c1-6-7-15-30-24-16-19(2)27(20(3)17-24)32-26-10-8-9-25(26)31-18-22-11-13-23(14-12-22)21(4)28-29-5/h6-7,11-14,16-17,25-26H,8-10,15,18H2,1-5H3/b7-6+,28-21-. The molecule has 2 atom stereocenters. The quantitative estimate of drug-likeness (QED) is 0.254. The third-order valence-electron chi connectivity index (χ3n) is 5.74. The van der Waals surface area contributed by atoms with Gasteiger partial charge in [-0.3, -0.25) is 0 Å². The third kappa shape index (κ3) is 6.36. The molecule has 1 fully saturated rings. The molecule has 0 bridgehead atoms. The van der Waals surface area contributed by atoms with Gasteiger partial charge in [0.15, 0.2) is 0 Å². The number of aryl methyl sites for hydroxylation is 2. The van der Waals surface area contributed by atoms with Crippen LogP contribution in [0.25, 0.3) is 0 Å². The number of benzene rings is 2. The molecule has 2 aromatic rings. The van der Waals surface area contributed by atoms with E-state index in [2.05, 4.69) is 31.1 Å². The van der Waals surface area contributed by atoms with Crippen molar-refractivity contribution in [3.8, 4) is 11.5 Å². The minimum absolute atomic E-state index is 0.0672. The largest absolute Gasteiger partial charge is 0.490 e. The maximum absolute atomic E-state index is 6.47. The number of ether oxygens (including phenoxy) is 3. The predicted molar refractivity (Wildman–Crippen MR) is 129 cm³/mol. The van der Waals surface area contributed by atoms with Gasteiger partial charge < -0.3 is 19.0 Å². The van der Waals surface area contributed by atoms with E-state index < -0.39 is 0 Å². The van der Waals surface area contributed by atoms with Crippen molar-refractivity contribution in [3.63, 3.8) is 0 Å². The number of hydrogen-bond donors (Lipinski definition) is 0. The second-order valence-electron chi connectivity index (χ2n) is 8.26. The molecule has 0 heterocycles. The molecular weight excluding hydrogens is 402 g/mol. The number of hydrogen-bond acceptors (Lipinski definition) is 5. The van der Waals surface area contributed by atoms with Crippen molar-refractivity contribution in [3.05, 3.63) is 70.8 Å². The summed E-state index contributed by atoms with van der Waals surface area (Å²) in [5.41, 5.74) is 5.22. The Balaban J connectivity index is 1.59. The van der Waals surface area contributed by atoms with Gasteiger partial charge in [0.05, 0.1) is 18.4 Å². The van der Waals surface area contributed by atoms with E-state index in [0.29, 0.717) is 13.2 Å². The van der Waals surface area contributed by atoms with Crippen LogP contribution in [-0.2, 0) is 16.2 Å². The lowest BCUT2D eigenvalue weighted by Crippen LogP contribution is -2.29. The van der Waals surface area contributed by atoms with Gasteiger partial charge in [-0.2, -0.15) is 0 Å². The molecule has 0 amide bonds. The Morgan fingerprint density at radius 3 is 2.41 bits per heavy atom. The molecule has 5 nitrogen and oxygen atoms in total. The van der Waals surface area contributed by atoms with E-state index in [1.165, 1.54) is 0 Å². The van der Waals surface area contributed by atoms with Gasteiger partial charge >= 0.3 is 0 Å². The van der Waals surface area contributed by atoms with Gasteiger partial charge in [0.25, 0.3) is 0 Å². The van der Waals surface area contributed by atoms with E-state index in [1.807, 2.05) is 50.3 Å². The van der Waals surface area contributed by atoms with Gasteiger partial charge in [0.2, 0.25) is 0 Å². The molecule has 0 spiro atoms. The fourth-order valence-corrected chi connectivity index (χ4v) is 4.02. The van der Waals surface area contributed by atoms with Crippen molar-refractivity contribution in [2.75, 3.05) is 13.7 Å². The Kier molecular flexibility index (Phi) is 8.74. The topological polar surface area (TPSA) is 49.3 Å². The summed E-state index contributed by atoms with van der Waals surface area (Å²) in [6, 6.07) is 12.4. The average Bonchev–Trinajstić information content (AvgIpc) is 3.22. The van der Waals surface area contributed by atoms with Crippen molar-refractivity contribution in [1.29, 1.82) is 0 Å². The molecule has 1 saturated carbocycles. The van der Waals surface area contributed by atoms with Crippen molar-refractivity contribution < 1.29 is 19.0 Å². The van der Waals surface area contributed by atoms with Gasteiger partial charge in [0.1, 0.15) is 31.3 Å². The van der Waals surface area contributed by atoms with Gasteiger partial charge in [-0.1, -0.05) is 41.6 Å². The minimum Gasteiger partial charge on any atom is -0.490 e.